The molecule has 5 heteroatoms. The van der Waals surface area contributed by atoms with Crippen LogP contribution in [0.5, 0.6) is 0 Å². The lowest BCUT2D eigenvalue weighted by Gasteiger charge is -2.18. The molecule has 2 unspecified atom stereocenters. The van der Waals surface area contributed by atoms with Gasteiger partial charge in [0.2, 0.25) is 5.91 Å². The third-order valence-corrected chi connectivity index (χ3v) is 3.09. The zero-order valence-electron chi connectivity index (χ0n) is 10.6. The van der Waals surface area contributed by atoms with Gasteiger partial charge in [-0.25, -0.2) is 0 Å². The fourth-order valence-corrected chi connectivity index (χ4v) is 2.06. The Morgan fingerprint density at radius 2 is 2.39 bits per heavy atom. The Hall–Kier alpha value is -1.33. The maximum Gasteiger partial charge on any atom is 0.227 e. The van der Waals surface area contributed by atoms with Gasteiger partial charge in [0.15, 0.2) is 0 Å². The van der Waals surface area contributed by atoms with E-state index in [2.05, 4.69) is 17.6 Å². The molecule has 1 aliphatic heterocycles. The SMILES string of the molecule is CCCNC1COCC1C(=O)NCc1ccco1. The Morgan fingerprint density at radius 1 is 1.50 bits per heavy atom. The first kappa shape index (κ1) is 13.1. The van der Waals surface area contributed by atoms with Crippen molar-refractivity contribution in [1.29, 1.82) is 0 Å². The Morgan fingerprint density at radius 3 is 3.11 bits per heavy atom. The molecule has 18 heavy (non-hydrogen) atoms. The summed E-state index contributed by atoms with van der Waals surface area (Å²) >= 11 is 0. The Balaban J connectivity index is 1.80. The molecule has 1 aliphatic rings. The van der Waals surface area contributed by atoms with Gasteiger partial charge in [0.05, 0.1) is 31.9 Å². The van der Waals surface area contributed by atoms with Crippen molar-refractivity contribution in [2.45, 2.75) is 25.9 Å². The van der Waals surface area contributed by atoms with Crippen LogP contribution in [0.4, 0.5) is 0 Å². The maximum atomic E-state index is 12.0. The van der Waals surface area contributed by atoms with Crippen molar-refractivity contribution in [3.05, 3.63) is 24.2 Å². The van der Waals surface area contributed by atoms with Crippen LogP contribution in [-0.4, -0.2) is 31.7 Å². The summed E-state index contributed by atoms with van der Waals surface area (Å²) in [5.41, 5.74) is 0. The molecule has 1 fully saturated rings. The number of nitrogens with one attached hydrogen (secondary N) is 2. The normalized spacial score (nSPS) is 23.2. The van der Waals surface area contributed by atoms with E-state index >= 15 is 0 Å². The molecule has 0 radical (unpaired) electrons. The fourth-order valence-electron chi connectivity index (χ4n) is 2.06. The summed E-state index contributed by atoms with van der Waals surface area (Å²) in [5, 5.41) is 6.23. The van der Waals surface area contributed by atoms with Crippen molar-refractivity contribution < 1.29 is 13.9 Å². The third kappa shape index (κ3) is 3.34. The molecule has 1 aromatic heterocycles. The molecule has 1 aromatic rings. The van der Waals surface area contributed by atoms with Crippen LogP contribution in [0.15, 0.2) is 22.8 Å². The van der Waals surface area contributed by atoms with Crippen LogP contribution in [0.2, 0.25) is 0 Å². The van der Waals surface area contributed by atoms with E-state index in [1.807, 2.05) is 12.1 Å². The topological polar surface area (TPSA) is 63.5 Å². The number of carbonyl (C=O) groups is 1. The average Bonchev–Trinajstić information content (AvgIpc) is 3.04. The second kappa shape index (κ2) is 6.56. The monoisotopic (exact) mass is 252 g/mol. The molecular formula is C13H20N2O3. The number of rotatable bonds is 6. The van der Waals surface area contributed by atoms with Crippen LogP contribution >= 0.6 is 0 Å². The van der Waals surface area contributed by atoms with Gasteiger partial charge in [0, 0.05) is 6.04 Å². The van der Waals surface area contributed by atoms with Gasteiger partial charge in [-0.05, 0) is 25.1 Å². The molecule has 1 saturated heterocycles. The van der Waals surface area contributed by atoms with Crippen LogP contribution in [0.25, 0.3) is 0 Å². The predicted molar refractivity (Wildman–Crippen MR) is 66.9 cm³/mol. The molecule has 2 rings (SSSR count). The van der Waals surface area contributed by atoms with Crippen molar-refractivity contribution in [3.8, 4) is 0 Å². The molecule has 5 nitrogen and oxygen atoms in total. The fraction of sp³-hybridized carbons (Fsp3) is 0.615. The molecule has 2 atom stereocenters. The lowest BCUT2D eigenvalue weighted by molar-refractivity contribution is -0.125. The first-order valence-corrected chi connectivity index (χ1v) is 6.42. The molecule has 0 bridgehead atoms. The van der Waals surface area contributed by atoms with E-state index in [4.69, 9.17) is 9.15 Å². The van der Waals surface area contributed by atoms with Crippen molar-refractivity contribution >= 4 is 5.91 Å². The quantitative estimate of drug-likeness (QED) is 0.790. The van der Waals surface area contributed by atoms with E-state index in [0.29, 0.717) is 19.8 Å². The van der Waals surface area contributed by atoms with Gasteiger partial charge in [-0.2, -0.15) is 0 Å². The maximum absolute atomic E-state index is 12.0. The summed E-state index contributed by atoms with van der Waals surface area (Å²) < 4.78 is 10.6. The first-order valence-electron chi connectivity index (χ1n) is 6.42. The number of hydrogen-bond donors (Lipinski definition) is 2. The van der Waals surface area contributed by atoms with Gasteiger partial charge in [0.25, 0.3) is 0 Å². The second-order valence-corrected chi connectivity index (χ2v) is 4.50. The van der Waals surface area contributed by atoms with Crippen molar-refractivity contribution in [3.63, 3.8) is 0 Å². The highest BCUT2D eigenvalue weighted by Gasteiger charge is 2.33. The second-order valence-electron chi connectivity index (χ2n) is 4.50. The highest BCUT2D eigenvalue weighted by Crippen LogP contribution is 2.14. The summed E-state index contributed by atoms with van der Waals surface area (Å²) in [5.74, 6) is 0.685. The first-order chi connectivity index (χ1) is 8.81. The Kier molecular flexibility index (Phi) is 4.78. The minimum absolute atomic E-state index is 0.0255. The van der Waals surface area contributed by atoms with E-state index in [1.54, 1.807) is 6.26 Å². The van der Waals surface area contributed by atoms with Crippen molar-refractivity contribution in [2.75, 3.05) is 19.8 Å². The minimum atomic E-state index is -0.105. The van der Waals surface area contributed by atoms with Crippen LogP contribution in [0.1, 0.15) is 19.1 Å². The summed E-state index contributed by atoms with van der Waals surface area (Å²) in [6.45, 7) is 4.55. The molecule has 2 heterocycles. The van der Waals surface area contributed by atoms with Gasteiger partial charge in [-0.15, -0.1) is 0 Å². The number of furan rings is 1. The average molecular weight is 252 g/mol. The predicted octanol–water partition coefficient (Wildman–Crippen LogP) is 0.910. The van der Waals surface area contributed by atoms with Gasteiger partial charge in [-0.3, -0.25) is 4.79 Å². The molecule has 2 N–H and O–H groups in total. The highest BCUT2D eigenvalue weighted by atomic mass is 16.5. The molecule has 0 aliphatic carbocycles. The van der Waals surface area contributed by atoms with Crippen molar-refractivity contribution in [2.24, 2.45) is 5.92 Å². The highest BCUT2D eigenvalue weighted by molar-refractivity contribution is 5.79. The van der Waals surface area contributed by atoms with Crippen LogP contribution in [-0.2, 0) is 16.1 Å². The van der Waals surface area contributed by atoms with Crippen molar-refractivity contribution in [1.82, 2.24) is 10.6 Å². The summed E-state index contributed by atoms with van der Waals surface area (Å²) in [4.78, 5) is 12.0. The third-order valence-electron chi connectivity index (χ3n) is 3.09. The number of carbonyl (C=O) groups excluding carboxylic acids is 1. The van der Waals surface area contributed by atoms with Crippen LogP contribution in [0.3, 0.4) is 0 Å². The zero-order valence-corrected chi connectivity index (χ0v) is 10.6. The molecular weight excluding hydrogens is 232 g/mol. The van der Waals surface area contributed by atoms with E-state index in [9.17, 15) is 4.79 Å². The van der Waals surface area contributed by atoms with E-state index in [0.717, 1.165) is 18.7 Å². The number of ether oxygens (including phenoxy) is 1. The molecule has 0 saturated carbocycles. The standard InChI is InChI=1S/C13H20N2O3/c1-2-5-14-12-9-17-8-11(12)13(16)15-7-10-4-3-6-18-10/h3-4,6,11-12,14H,2,5,7-9H2,1H3,(H,15,16). The number of hydrogen-bond acceptors (Lipinski definition) is 4. The molecule has 0 spiro atoms. The van der Waals surface area contributed by atoms with Gasteiger partial charge >= 0.3 is 0 Å². The number of amides is 1. The van der Waals surface area contributed by atoms with Crippen LogP contribution in [0, 0.1) is 5.92 Å². The van der Waals surface area contributed by atoms with Crippen LogP contribution < -0.4 is 10.6 Å². The molecule has 1 amide bonds. The Bertz CT molecular complexity index is 364. The Labute approximate surface area is 107 Å². The summed E-state index contributed by atoms with van der Waals surface area (Å²) in [6, 6.07) is 3.78. The molecule has 100 valence electrons. The smallest absolute Gasteiger partial charge is 0.227 e. The lowest BCUT2D eigenvalue weighted by Crippen LogP contribution is -2.44. The largest absolute Gasteiger partial charge is 0.467 e. The van der Waals surface area contributed by atoms with Gasteiger partial charge in [0.1, 0.15) is 5.76 Å². The van der Waals surface area contributed by atoms with E-state index < -0.39 is 0 Å². The van der Waals surface area contributed by atoms with E-state index in [-0.39, 0.29) is 17.9 Å². The van der Waals surface area contributed by atoms with Gasteiger partial charge < -0.3 is 19.8 Å². The zero-order chi connectivity index (χ0) is 12.8. The minimum Gasteiger partial charge on any atom is -0.467 e. The summed E-state index contributed by atoms with van der Waals surface area (Å²) in [7, 11) is 0. The van der Waals surface area contributed by atoms with E-state index in [1.165, 1.54) is 0 Å². The summed E-state index contributed by atoms with van der Waals surface area (Å²) in [6.07, 6.45) is 2.66. The lowest BCUT2D eigenvalue weighted by atomic mass is 10.0. The van der Waals surface area contributed by atoms with Gasteiger partial charge in [-0.1, -0.05) is 6.92 Å². The molecule has 0 aromatic carbocycles.